The van der Waals surface area contributed by atoms with Crippen LogP contribution in [0.2, 0.25) is 0 Å². The first-order valence-electron chi connectivity index (χ1n) is 7.93. The summed E-state index contributed by atoms with van der Waals surface area (Å²) in [5.74, 6) is 1.47. The molecule has 4 rings (SSSR count). The Morgan fingerprint density at radius 2 is 1.75 bits per heavy atom. The highest BCUT2D eigenvalue weighted by Gasteiger charge is 2.08. The SMILES string of the molecule is c1ccc(CCNc2nc(-n3ccnc3)nc3ccccc23)cc1. The lowest BCUT2D eigenvalue weighted by molar-refractivity contribution is 0.931. The third-order valence-electron chi connectivity index (χ3n) is 3.88. The molecule has 0 aliphatic rings. The molecule has 0 aliphatic heterocycles. The average molecular weight is 315 g/mol. The zero-order valence-corrected chi connectivity index (χ0v) is 13.1. The number of benzene rings is 2. The number of fused-ring (bicyclic) bond motifs is 1. The van der Waals surface area contributed by atoms with Gasteiger partial charge in [0.25, 0.3) is 0 Å². The molecule has 0 saturated heterocycles. The van der Waals surface area contributed by atoms with Crippen molar-refractivity contribution in [2.24, 2.45) is 0 Å². The van der Waals surface area contributed by atoms with Gasteiger partial charge in [-0.2, -0.15) is 4.98 Å². The average Bonchev–Trinajstić information content (AvgIpc) is 3.17. The van der Waals surface area contributed by atoms with Crippen molar-refractivity contribution in [2.75, 3.05) is 11.9 Å². The molecule has 0 amide bonds. The third-order valence-corrected chi connectivity index (χ3v) is 3.88. The molecule has 1 N–H and O–H groups in total. The minimum atomic E-state index is 0.619. The maximum Gasteiger partial charge on any atom is 0.237 e. The highest BCUT2D eigenvalue weighted by molar-refractivity contribution is 5.89. The van der Waals surface area contributed by atoms with Gasteiger partial charge in [0.15, 0.2) is 0 Å². The number of hydrogen-bond donors (Lipinski definition) is 1. The second-order valence-corrected chi connectivity index (χ2v) is 5.52. The van der Waals surface area contributed by atoms with E-state index in [1.807, 2.05) is 41.1 Å². The van der Waals surface area contributed by atoms with Crippen LogP contribution in [0.15, 0.2) is 73.3 Å². The number of hydrogen-bond acceptors (Lipinski definition) is 4. The maximum atomic E-state index is 4.68. The molecule has 2 aromatic heterocycles. The first kappa shape index (κ1) is 14.4. The number of imidazole rings is 1. The van der Waals surface area contributed by atoms with Crippen LogP contribution < -0.4 is 5.32 Å². The van der Waals surface area contributed by atoms with Crippen LogP contribution in [-0.2, 0) is 6.42 Å². The molecule has 24 heavy (non-hydrogen) atoms. The maximum absolute atomic E-state index is 4.68. The Morgan fingerprint density at radius 1 is 0.917 bits per heavy atom. The molecule has 4 aromatic rings. The van der Waals surface area contributed by atoms with Crippen LogP contribution in [0.4, 0.5) is 5.82 Å². The van der Waals surface area contributed by atoms with E-state index in [0.29, 0.717) is 5.95 Å². The van der Waals surface area contributed by atoms with Crippen LogP contribution >= 0.6 is 0 Å². The fraction of sp³-hybridized carbons (Fsp3) is 0.105. The number of aromatic nitrogens is 4. The van der Waals surface area contributed by atoms with Crippen molar-refractivity contribution in [3.8, 4) is 5.95 Å². The van der Waals surface area contributed by atoms with E-state index in [1.165, 1.54) is 5.56 Å². The lowest BCUT2D eigenvalue weighted by Gasteiger charge is -2.11. The number of rotatable bonds is 5. The van der Waals surface area contributed by atoms with Crippen molar-refractivity contribution in [1.29, 1.82) is 0 Å². The van der Waals surface area contributed by atoms with E-state index in [2.05, 4.69) is 44.5 Å². The Balaban J connectivity index is 1.63. The molecule has 0 bridgehead atoms. The molecule has 2 aromatic carbocycles. The molecule has 0 spiro atoms. The number of nitrogens with one attached hydrogen (secondary N) is 1. The summed E-state index contributed by atoms with van der Waals surface area (Å²) in [7, 11) is 0. The Kier molecular flexibility index (Phi) is 3.90. The van der Waals surface area contributed by atoms with Crippen molar-refractivity contribution >= 4 is 16.7 Å². The van der Waals surface area contributed by atoms with Gasteiger partial charge in [-0.1, -0.05) is 42.5 Å². The van der Waals surface area contributed by atoms with Gasteiger partial charge < -0.3 is 5.32 Å². The molecule has 118 valence electrons. The van der Waals surface area contributed by atoms with Crippen LogP contribution in [0.25, 0.3) is 16.9 Å². The Labute approximate surface area is 140 Å². The smallest absolute Gasteiger partial charge is 0.237 e. The van der Waals surface area contributed by atoms with E-state index >= 15 is 0 Å². The van der Waals surface area contributed by atoms with Crippen LogP contribution in [0.3, 0.4) is 0 Å². The first-order valence-corrected chi connectivity index (χ1v) is 7.93. The van der Waals surface area contributed by atoms with E-state index in [0.717, 1.165) is 29.7 Å². The highest BCUT2D eigenvalue weighted by atomic mass is 15.2. The van der Waals surface area contributed by atoms with Gasteiger partial charge in [0.05, 0.1) is 5.52 Å². The molecular formula is C19H17N5. The Bertz CT molecular complexity index is 933. The molecular weight excluding hydrogens is 298 g/mol. The zero-order chi connectivity index (χ0) is 16.2. The second-order valence-electron chi connectivity index (χ2n) is 5.52. The van der Waals surface area contributed by atoms with Crippen LogP contribution in [-0.4, -0.2) is 26.1 Å². The number of nitrogens with zero attached hydrogens (tertiary/aromatic N) is 4. The van der Waals surface area contributed by atoms with Gasteiger partial charge in [0.2, 0.25) is 5.95 Å². The van der Waals surface area contributed by atoms with Gasteiger partial charge in [-0.25, -0.2) is 9.97 Å². The summed E-state index contributed by atoms with van der Waals surface area (Å²) < 4.78 is 1.81. The van der Waals surface area contributed by atoms with Gasteiger partial charge in [-0.3, -0.25) is 4.57 Å². The van der Waals surface area contributed by atoms with E-state index < -0.39 is 0 Å². The van der Waals surface area contributed by atoms with Gasteiger partial charge in [-0.05, 0) is 24.1 Å². The number of anilines is 1. The quantitative estimate of drug-likeness (QED) is 0.613. The summed E-state index contributed by atoms with van der Waals surface area (Å²) >= 11 is 0. The molecule has 0 atom stereocenters. The van der Waals surface area contributed by atoms with Crippen molar-refractivity contribution in [3.63, 3.8) is 0 Å². The van der Waals surface area contributed by atoms with Crippen LogP contribution in [0.1, 0.15) is 5.56 Å². The standard InChI is InChI=1S/C19H17N5/c1-2-6-15(7-3-1)10-11-21-18-16-8-4-5-9-17(16)22-19(23-18)24-13-12-20-14-24/h1-9,12-14H,10-11H2,(H,21,22,23). The summed E-state index contributed by atoms with van der Waals surface area (Å²) in [6, 6.07) is 18.5. The Hall–Kier alpha value is -3.21. The number of para-hydroxylation sites is 1. The first-order chi connectivity index (χ1) is 11.9. The summed E-state index contributed by atoms with van der Waals surface area (Å²) in [6.07, 6.45) is 6.22. The molecule has 0 radical (unpaired) electrons. The van der Waals surface area contributed by atoms with E-state index in [1.54, 1.807) is 12.5 Å². The predicted octanol–water partition coefficient (Wildman–Crippen LogP) is 3.47. The molecule has 0 saturated carbocycles. The molecule has 2 heterocycles. The van der Waals surface area contributed by atoms with E-state index in [9.17, 15) is 0 Å². The van der Waals surface area contributed by atoms with Crippen molar-refractivity contribution < 1.29 is 0 Å². The lowest BCUT2D eigenvalue weighted by atomic mass is 10.1. The van der Waals surface area contributed by atoms with Crippen molar-refractivity contribution in [1.82, 2.24) is 19.5 Å². The van der Waals surface area contributed by atoms with Gasteiger partial charge in [0.1, 0.15) is 12.1 Å². The van der Waals surface area contributed by atoms with Crippen LogP contribution in [0.5, 0.6) is 0 Å². The lowest BCUT2D eigenvalue weighted by Crippen LogP contribution is -2.09. The molecule has 5 heteroatoms. The third kappa shape index (κ3) is 2.96. The zero-order valence-electron chi connectivity index (χ0n) is 13.1. The summed E-state index contributed by atoms with van der Waals surface area (Å²) in [4.78, 5) is 13.4. The minimum Gasteiger partial charge on any atom is -0.369 e. The summed E-state index contributed by atoms with van der Waals surface area (Å²) in [5.41, 5.74) is 2.22. The highest BCUT2D eigenvalue weighted by Crippen LogP contribution is 2.21. The fourth-order valence-corrected chi connectivity index (χ4v) is 2.66. The van der Waals surface area contributed by atoms with Crippen molar-refractivity contribution in [3.05, 3.63) is 78.9 Å². The summed E-state index contributed by atoms with van der Waals surface area (Å²) in [5, 5.41) is 4.48. The van der Waals surface area contributed by atoms with E-state index in [-0.39, 0.29) is 0 Å². The molecule has 0 unspecified atom stereocenters. The summed E-state index contributed by atoms with van der Waals surface area (Å²) in [6.45, 7) is 0.814. The molecule has 0 aliphatic carbocycles. The topological polar surface area (TPSA) is 55.6 Å². The molecule has 5 nitrogen and oxygen atoms in total. The van der Waals surface area contributed by atoms with E-state index in [4.69, 9.17) is 0 Å². The second kappa shape index (κ2) is 6.50. The fourth-order valence-electron chi connectivity index (χ4n) is 2.66. The van der Waals surface area contributed by atoms with Crippen LogP contribution in [0, 0.1) is 0 Å². The van der Waals surface area contributed by atoms with Gasteiger partial charge >= 0.3 is 0 Å². The van der Waals surface area contributed by atoms with Gasteiger partial charge in [0, 0.05) is 24.3 Å². The monoisotopic (exact) mass is 315 g/mol. The Morgan fingerprint density at radius 3 is 2.58 bits per heavy atom. The minimum absolute atomic E-state index is 0.619. The van der Waals surface area contributed by atoms with Crippen molar-refractivity contribution in [2.45, 2.75) is 6.42 Å². The largest absolute Gasteiger partial charge is 0.369 e. The molecule has 0 fully saturated rings. The normalized spacial score (nSPS) is 10.8. The predicted molar refractivity (Wildman–Crippen MR) is 95.3 cm³/mol. The van der Waals surface area contributed by atoms with Gasteiger partial charge in [-0.15, -0.1) is 0 Å².